The largest absolute Gasteiger partial charge is 0.457 e. The first-order valence-electron chi connectivity index (χ1n) is 10.3. The lowest BCUT2D eigenvalue weighted by molar-refractivity contribution is -0.148. The minimum absolute atomic E-state index is 0.227. The molecule has 0 aromatic rings. The van der Waals surface area contributed by atoms with Crippen molar-refractivity contribution in [2.75, 3.05) is 0 Å². The number of esters is 1. The van der Waals surface area contributed by atoms with E-state index in [1.165, 1.54) is 68.9 Å². The lowest BCUT2D eigenvalue weighted by Gasteiger charge is -2.35. The molecule has 0 amide bonds. The smallest absolute Gasteiger partial charge is 0.331 e. The van der Waals surface area contributed by atoms with Gasteiger partial charge < -0.3 is 4.74 Å². The second kappa shape index (κ2) is 7.93. The van der Waals surface area contributed by atoms with E-state index >= 15 is 0 Å². The molecule has 1 saturated carbocycles. The molecule has 25 heavy (non-hydrogen) atoms. The topological polar surface area (TPSA) is 26.3 Å². The van der Waals surface area contributed by atoms with Crippen LogP contribution in [-0.4, -0.2) is 11.6 Å². The minimum Gasteiger partial charge on any atom is -0.457 e. The average molecular weight is 343 g/mol. The maximum absolute atomic E-state index is 12.0. The summed E-state index contributed by atoms with van der Waals surface area (Å²) in [6.07, 6.45) is 19.3. The third-order valence-corrected chi connectivity index (χ3v) is 5.89. The molecule has 0 spiro atoms. The Bertz CT molecular complexity index is 586. The fraction of sp³-hybridized carbons (Fsp3) is 0.696. The molecule has 1 fully saturated rings. The summed E-state index contributed by atoms with van der Waals surface area (Å²) in [6.45, 7) is 5.74. The number of allylic oxidation sites excluding steroid dienone is 5. The van der Waals surface area contributed by atoms with Crippen LogP contribution in [0.15, 0.2) is 34.9 Å². The van der Waals surface area contributed by atoms with Gasteiger partial charge in [0.25, 0.3) is 0 Å². The van der Waals surface area contributed by atoms with Crippen molar-refractivity contribution in [1.82, 2.24) is 0 Å². The van der Waals surface area contributed by atoms with E-state index in [2.05, 4.69) is 6.08 Å². The Labute approximate surface area is 153 Å². The molecule has 138 valence electrons. The summed E-state index contributed by atoms with van der Waals surface area (Å²) in [6, 6.07) is 0. The van der Waals surface area contributed by atoms with Gasteiger partial charge in [0.1, 0.15) is 5.60 Å². The molecule has 2 atom stereocenters. The normalized spacial score (nSPS) is 27.9. The van der Waals surface area contributed by atoms with Crippen molar-refractivity contribution in [2.24, 2.45) is 11.8 Å². The highest BCUT2D eigenvalue weighted by molar-refractivity contribution is 5.83. The maximum Gasteiger partial charge on any atom is 0.331 e. The van der Waals surface area contributed by atoms with Crippen LogP contribution in [0.2, 0.25) is 0 Å². The molecular weight excluding hydrogens is 308 g/mol. The Morgan fingerprint density at radius 3 is 2.60 bits per heavy atom. The zero-order valence-corrected chi connectivity index (χ0v) is 16.3. The number of hydrogen-bond acceptors (Lipinski definition) is 2. The first-order valence-corrected chi connectivity index (χ1v) is 10.3. The van der Waals surface area contributed by atoms with E-state index in [1.807, 2.05) is 26.8 Å². The van der Waals surface area contributed by atoms with Crippen LogP contribution in [0.3, 0.4) is 0 Å². The molecule has 0 aromatic heterocycles. The molecule has 2 nitrogen and oxygen atoms in total. The Morgan fingerprint density at radius 2 is 1.80 bits per heavy atom. The number of rotatable bonds is 3. The standard InChI is InChI=1S/C23H34O2/c1-23(2,3)25-22(24)15-14-18-9-6-7-11-21(18)20-13-12-17-8-4-5-10-19(17)16-20/h14-17,19H,4-13H2,1-3H3/b15-14+/t17-,19-/m0/s1. The van der Waals surface area contributed by atoms with Crippen molar-refractivity contribution in [1.29, 1.82) is 0 Å². The Hall–Kier alpha value is -1.31. The highest BCUT2D eigenvalue weighted by Crippen LogP contribution is 2.43. The highest BCUT2D eigenvalue weighted by Gasteiger charge is 2.29. The summed E-state index contributed by atoms with van der Waals surface area (Å²) in [5.74, 6) is 1.51. The van der Waals surface area contributed by atoms with Crippen molar-refractivity contribution >= 4 is 5.97 Å². The second-order valence-electron chi connectivity index (χ2n) is 9.02. The van der Waals surface area contributed by atoms with Gasteiger partial charge in [-0.05, 0) is 101 Å². The van der Waals surface area contributed by atoms with Gasteiger partial charge >= 0.3 is 5.97 Å². The van der Waals surface area contributed by atoms with Crippen LogP contribution in [0.25, 0.3) is 0 Å². The predicted octanol–water partition coefficient (Wildman–Crippen LogP) is 6.28. The quantitative estimate of drug-likeness (QED) is 0.445. The number of carbonyl (C=O) groups excluding carboxylic acids is 1. The van der Waals surface area contributed by atoms with E-state index in [0.29, 0.717) is 0 Å². The molecule has 2 heteroatoms. The third-order valence-electron chi connectivity index (χ3n) is 5.89. The van der Waals surface area contributed by atoms with Gasteiger partial charge in [0.15, 0.2) is 0 Å². The first-order chi connectivity index (χ1) is 11.9. The molecule has 0 bridgehead atoms. The monoisotopic (exact) mass is 342 g/mol. The van der Waals surface area contributed by atoms with Gasteiger partial charge in [-0.3, -0.25) is 0 Å². The minimum atomic E-state index is -0.424. The van der Waals surface area contributed by atoms with E-state index in [1.54, 1.807) is 11.6 Å². The van der Waals surface area contributed by atoms with Gasteiger partial charge in [-0.1, -0.05) is 25.0 Å². The van der Waals surface area contributed by atoms with Crippen LogP contribution < -0.4 is 0 Å². The second-order valence-corrected chi connectivity index (χ2v) is 9.02. The summed E-state index contributed by atoms with van der Waals surface area (Å²) in [4.78, 5) is 12.0. The predicted molar refractivity (Wildman–Crippen MR) is 103 cm³/mol. The highest BCUT2D eigenvalue weighted by atomic mass is 16.6. The summed E-state index contributed by atoms with van der Waals surface area (Å²) >= 11 is 0. The summed E-state index contributed by atoms with van der Waals surface area (Å²) in [5.41, 5.74) is 4.08. The van der Waals surface area contributed by atoms with Gasteiger partial charge in [0.2, 0.25) is 0 Å². The summed E-state index contributed by atoms with van der Waals surface area (Å²) in [7, 11) is 0. The lowest BCUT2D eigenvalue weighted by Crippen LogP contribution is -2.23. The fourth-order valence-electron chi connectivity index (χ4n) is 4.73. The van der Waals surface area contributed by atoms with Gasteiger partial charge in [-0.15, -0.1) is 0 Å². The molecule has 3 aliphatic rings. The number of ether oxygens (including phenoxy) is 1. The molecule has 0 aliphatic heterocycles. The van der Waals surface area contributed by atoms with Crippen LogP contribution in [-0.2, 0) is 9.53 Å². The Kier molecular flexibility index (Phi) is 5.86. The summed E-state index contributed by atoms with van der Waals surface area (Å²) < 4.78 is 5.42. The van der Waals surface area contributed by atoms with E-state index < -0.39 is 5.60 Å². The lowest BCUT2D eigenvalue weighted by atomic mass is 9.70. The van der Waals surface area contributed by atoms with Crippen LogP contribution in [0.4, 0.5) is 0 Å². The van der Waals surface area contributed by atoms with Crippen molar-refractivity contribution < 1.29 is 9.53 Å². The van der Waals surface area contributed by atoms with E-state index in [0.717, 1.165) is 18.3 Å². The third kappa shape index (κ3) is 5.09. The van der Waals surface area contributed by atoms with Crippen molar-refractivity contribution in [2.45, 2.75) is 90.6 Å². The van der Waals surface area contributed by atoms with Crippen LogP contribution in [0.5, 0.6) is 0 Å². The van der Waals surface area contributed by atoms with Crippen molar-refractivity contribution in [3.63, 3.8) is 0 Å². The summed E-state index contributed by atoms with van der Waals surface area (Å²) in [5, 5.41) is 0. The molecule has 0 radical (unpaired) electrons. The van der Waals surface area contributed by atoms with E-state index in [4.69, 9.17) is 4.74 Å². The van der Waals surface area contributed by atoms with Crippen molar-refractivity contribution in [3.05, 3.63) is 34.9 Å². The molecule has 3 rings (SSSR count). The molecule has 0 unspecified atom stereocenters. The SMILES string of the molecule is CC(C)(C)OC(=O)/C=C/C1=C(C2=C[C@@H]3CCCC[C@H]3CC2)CCCC1. The zero-order valence-electron chi connectivity index (χ0n) is 16.3. The number of carbonyl (C=O) groups is 1. The number of hydrogen-bond donors (Lipinski definition) is 0. The molecule has 0 heterocycles. The molecular formula is C23H34O2. The fourth-order valence-corrected chi connectivity index (χ4v) is 4.73. The van der Waals surface area contributed by atoms with Crippen LogP contribution in [0.1, 0.15) is 85.0 Å². The first kappa shape index (κ1) is 18.5. The Morgan fingerprint density at radius 1 is 1.04 bits per heavy atom. The molecule has 3 aliphatic carbocycles. The van der Waals surface area contributed by atoms with Gasteiger partial charge in [-0.25, -0.2) is 4.79 Å². The molecule has 0 aromatic carbocycles. The Balaban J connectivity index is 1.77. The molecule has 0 N–H and O–H groups in total. The van der Waals surface area contributed by atoms with Gasteiger partial charge in [0, 0.05) is 6.08 Å². The van der Waals surface area contributed by atoms with E-state index in [-0.39, 0.29) is 5.97 Å². The van der Waals surface area contributed by atoms with Crippen molar-refractivity contribution in [3.8, 4) is 0 Å². The van der Waals surface area contributed by atoms with Crippen LogP contribution >= 0.6 is 0 Å². The molecule has 0 saturated heterocycles. The van der Waals surface area contributed by atoms with Crippen LogP contribution in [0, 0.1) is 11.8 Å². The zero-order chi connectivity index (χ0) is 17.9. The van der Waals surface area contributed by atoms with Gasteiger partial charge in [-0.2, -0.15) is 0 Å². The maximum atomic E-state index is 12.0. The average Bonchev–Trinajstić information content (AvgIpc) is 2.58. The number of fused-ring (bicyclic) bond motifs is 1. The van der Waals surface area contributed by atoms with E-state index in [9.17, 15) is 4.79 Å². The van der Waals surface area contributed by atoms with Gasteiger partial charge in [0.05, 0.1) is 0 Å².